The lowest BCUT2D eigenvalue weighted by Crippen LogP contribution is -2.31. The standard InChI is InChI=1S/C25H24BrN3O2/c1-17-7-6-8-19(15-17)27-25(31)23(16-18-11-13-20(14-12-18)29(2)3)28-24(30)21-9-4-5-10-22(21)26/h4-16H,1-3H3,(H,27,31)(H,28,30)/b23-16+. The first-order valence-electron chi connectivity index (χ1n) is 9.76. The zero-order valence-corrected chi connectivity index (χ0v) is 19.2. The van der Waals surface area contributed by atoms with Crippen molar-refractivity contribution in [1.29, 1.82) is 0 Å². The Labute approximate surface area is 190 Å². The Morgan fingerprint density at radius 2 is 1.65 bits per heavy atom. The quantitative estimate of drug-likeness (QED) is 0.477. The molecule has 3 rings (SSSR count). The highest BCUT2D eigenvalue weighted by Gasteiger charge is 2.16. The summed E-state index contributed by atoms with van der Waals surface area (Å²) in [6, 6.07) is 22.3. The van der Waals surface area contributed by atoms with Gasteiger partial charge in [-0.1, -0.05) is 36.4 Å². The molecule has 0 unspecified atom stereocenters. The van der Waals surface area contributed by atoms with Crippen molar-refractivity contribution in [1.82, 2.24) is 5.32 Å². The first-order chi connectivity index (χ1) is 14.8. The van der Waals surface area contributed by atoms with Crippen LogP contribution >= 0.6 is 15.9 Å². The highest BCUT2D eigenvalue weighted by atomic mass is 79.9. The molecule has 0 spiro atoms. The third-order valence-corrected chi connectivity index (χ3v) is 5.30. The Bertz CT molecular complexity index is 1120. The summed E-state index contributed by atoms with van der Waals surface area (Å²) in [5, 5.41) is 5.63. The highest BCUT2D eigenvalue weighted by Crippen LogP contribution is 2.18. The van der Waals surface area contributed by atoms with Crippen LogP contribution in [0.4, 0.5) is 11.4 Å². The van der Waals surface area contributed by atoms with Gasteiger partial charge in [0.05, 0.1) is 5.56 Å². The van der Waals surface area contributed by atoms with Crippen molar-refractivity contribution in [2.45, 2.75) is 6.92 Å². The normalized spacial score (nSPS) is 11.0. The van der Waals surface area contributed by atoms with Crippen molar-refractivity contribution >= 4 is 45.2 Å². The van der Waals surface area contributed by atoms with Crippen molar-refractivity contribution in [2.75, 3.05) is 24.3 Å². The van der Waals surface area contributed by atoms with Gasteiger partial charge in [0.1, 0.15) is 5.70 Å². The van der Waals surface area contributed by atoms with E-state index in [0.717, 1.165) is 16.8 Å². The van der Waals surface area contributed by atoms with Gasteiger partial charge in [0, 0.05) is 29.9 Å². The van der Waals surface area contributed by atoms with Gasteiger partial charge in [0.25, 0.3) is 11.8 Å². The number of hydrogen-bond donors (Lipinski definition) is 2. The molecule has 5 nitrogen and oxygen atoms in total. The predicted molar refractivity (Wildman–Crippen MR) is 130 cm³/mol. The van der Waals surface area contributed by atoms with E-state index in [9.17, 15) is 9.59 Å². The molecule has 0 radical (unpaired) electrons. The minimum absolute atomic E-state index is 0.153. The molecule has 2 N–H and O–H groups in total. The summed E-state index contributed by atoms with van der Waals surface area (Å²) in [6.07, 6.45) is 1.67. The number of halogens is 1. The lowest BCUT2D eigenvalue weighted by atomic mass is 10.1. The van der Waals surface area contributed by atoms with Crippen LogP contribution in [-0.2, 0) is 4.79 Å². The van der Waals surface area contributed by atoms with Crippen molar-refractivity contribution < 1.29 is 9.59 Å². The Kier molecular flexibility index (Phi) is 7.26. The SMILES string of the molecule is Cc1cccc(NC(=O)/C(=C\c2ccc(N(C)C)cc2)NC(=O)c2ccccc2Br)c1. The number of nitrogens with zero attached hydrogens (tertiary/aromatic N) is 1. The molecule has 2 amide bonds. The van der Waals surface area contributed by atoms with Gasteiger partial charge in [-0.05, 0) is 76.5 Å². The predicted octanol–water partition coefficient (Wildman–Crippen LogP) is 5.23. The minimum Gasteiger partial charge on any atom is -0.378 e. The largest absolute Gasteiger partial charge is 0.378 e. The number of anilines is 2. The molecule has 0 aliphatic rings. The zero-order chi connectivity index (χ0) is 22.4. The third kappa shape index (κ3) is 6.06. The van der Waals surface area contributed by atoms with E-state index in [4.69, 9.17) is 0 Å². The summed E-state index contributed by atoms with van der Waals surface area (Å²) in [6.45, 7) is 1.95. The molecule has 31 heavy (non-hydrogen) atoms. The topological polar surface area (TPSA) is 61.4 Å². The van der Waals surface area contributed by atoms with Crippen LogP contribution in [0.15, 0.2) is 83.0 Å². The van der Waals surface area contributed by atoms with Crippen molar-refractivity contribution in [2.24, 2.45) is 0 Å². The van der Waals surface area contributed by atoms with Gasteiger partial charge in [-0.15, -0.1) is 0 Å². The van der Waals surface area contributed by atoms with E-state index < -0.39 is 5.91 Å². The maximum atomic E-state index is 13.0. The average Bonchev–Trinajstić information content (AvgIpc) is 2.74. The smallest absolute Gasteiger partial charge is 0.272 e. The first kappa shape index (κ1) is 22.3. The highest BCUT2D eigenvalue weighted by molar-refractivity contribution is 9.10. The molecule has 0 saturated heterocycles. The van der Waals surface area contributed by atoms with Crippen molar-refractivity contribution in [3.05, 3.63) is 99.7 Å². The van der Waals surface area contributed by atoms with E-state index >= 15 is 0 Å². The molecule has 0 fully saturated rings. The lowest BCUT2D eigenvalue weighted by Gasteiger charge is -2.14. The van der Waals surface area contributed by atoms with Crippen molar-refractivity contribution in [3.63, 3.8) is 0 Å². The van der Waals surface area contributed by atoms with E-state index in [2.05, 4.69) is 26.6 Å². The summed E-state index contributed by atoms with van der Waals surface area (Å²) >= 11 is 3.39. The fourth-order valence-corrected chi connectivity index (χ4v) is 3.41. The van der Waals surface area contributed by atoms with E-state index in [-0.39, 0.29) is 11.6 Å². The van der Waals surface area contributed by atoms with Crippen LogP contribution in [0.25, 0.3) is 6.08 Å². The van der Waals surface area contributed by atoms with Crippen LogP contribution < -0.4 is 15.5 Å². The van der Waals surface area contributed by atoms with E-state index in [0.29, 0.717) is 15.7 Å². The molecule has 0 bridgehead atoms. The number of nitrogens with one attached hydrogen (secondary N) is 2. The number of benzene rings is 3. The van der Waals surface area contributed by atoms with Crippen LogP contribution in [0.3, 0.4) is 0 Å². The second-order valence-corrected chi connectivity index (χ2v) is 8.16. The third-order valence-electron chi connectivity index (χ3n) is 4.61. The fraction of sp³-hybridized carbons (Fsp3) is 0.120. The molecule has 3 aromatic rings. The molecule has 158 valence electrons. The second kappa shape index (κ2) is 10.1. The van der Waals surface area contributed by atoms with Gasteiger partial charge in [-0.3, -0.25) is 9.59 Å². The zero-order valence-electron chi connectivity index (χ0n) is 17.6. The van der Waals surface area contributed by atoms with Gasteiger partial charge in [0.2, 0.25) is 0 Å². The van der Waals surface area contributed by atoms with Crippen LogP contribution in [0, 0.1) is 6.92 Å². The van der Waals surface area contributed by atoms with Crippen LogP contribution in [-0.4, -0.2) is 25.9 Å². The molecule has 0 atom stereocenters. The minimum atomic E-state index is -0.400. The summed E-state index contributed by atoms with van der Waals surface area (Å²) in [7, 11) is 3.92. The summed E-state index contributed by atoms with van der Waals surface area (Å²) in [4.78, 5) is 27.9. The Balaban J connectivity index is 1.91. The maximum absolute atomic E-state index is 13.0. The van der Waals surface area contributed by atoms with Crippen LogP contribution in [0.5, 0.6) is 0 Å². The van der Waals surface area contributed by atoms with Crippen LogP contribution in [0.2, 0.25) is 0 Å². The summed E-state index contributed by atoms with van der Waals surface area (Å²) < 4.78 is 0.654. The van der Waals surface area contributed by atoms with E-state index in [1.165, 1.54) is 0 Å². The molecule has 0 aliphatic carbocycles. The number of carbonyl (C=O) groups is 2. The Morgan fingerprint density at radius 3 is 2.29 bits per heavy atom. The van der Waals surface area contributed by atoms with Crippen LogP contribution in [0.1, 0.15) is 21.5 Å². The number of carbonyl (C=O) groups excluding carboxylic acids is 2. The molecular weight excluding hydrogens is 454 g/mol. The van der Waals surface area contributed by atoms with Gasteiger partial charge in [-0.25, -0.2) is 0 Å². The second-order valence-electron chi connectivity index (χ2n) is 7.30. The lowest BCUT2D eigenvalue weighted by molar-refractivity contribution is -0.113. The first-order valence-corrected chi connectivity index (χ1v) is 10.6. The molecule has 0 aromatic heterocycles. The monoisotopic (exact) mass is 477 g/mol. The number of hydrogen-bond acceptors (Lipinski definition) is 3. The average molecular weight is 478 g/mol. The number of rotatable bonds is 6. The van der Waals surface area contributed by atoms with E-state index in [1.54, 1.807) is 24.3 Å². The molecule has 0 saturated carbocycles. The van der Waals surface area contributed by atoms with Crippen molar-refractivity contribution in [3.8, 4) is 0 Å². The number of aryl methyl sites for hydroxylation is 1. The molecule has 0 heterocycles. The molecule has 3 aromatic carbocycles. The van der Waals surface area contributed by atoms with Gasteiger partial charge >= 0.3 is 0 Å². The summed E-state index contributed by atoms with van der Waals surface area (Å²) in [5.41, 5.74) is 4.13. The molecule has 0 aliphatic heterocycles. The number of amides is 2. The maximum Gasteiger partial charge on any atom is 0.272 e. The Hall–Kier alpha value is -3.38. The summed E-state index contributed by atoms with van der Waals surface area (Å²) in [5.74, 6) is -0.772. The van der Waals surface area contributed by atoms with Gasteiger partial charge in [0.15, 0.2) is 0 Å². The molecule has 6 heteroatoms. The molecular formula is C25H24BrN3O2. The Morgan fingerprint density at radius 1 is 0.935 bits per heavy atom. The van der Waals surface area contributed by atoms with E-state index in [1.807, 2.05) is 80.5 Å². The fourth-order valence-electron chi connectivity index (χ4n) is 2.95. The van der Waals surface area contributed by atoms with Gasteiger partial charge < -0.3 is 15.5 Å². The van der Waals surface area contributed by atoms with Gasteiger partial charge in [-0.2, -0.15) is 0 Å².